The number of halogens is 1. The predicted molar refractivity (Wildman–Crippen MR) is 67.1 cm³/mol. The fourth-order valence-electron chi connectivity index (χ4n) is 1.95. The number of nitrogens with one attached hydrogen (secondary N) is 1. The molecule has 1 atom stereocenters. The maximum Gasteiger partial charge on any atom is 0.170 e. The van der Waals surface area contributed by atoms with Crippen molar-refractivity contribution in [1.29, 1.82) is 0 Å². The predicted octanol–water partition coefficient (Wildman–Crippen LogP) is 1.88. The van der Waals surface area contributed by atoms with Gasteiger partial charge >= 0.3 is 0 Å². The Bertz CT molecular complexity index is 539. The Kier molecular flexibility index (Phi) is 3.62. The van der Waals surface area contributed by atoms with E-state index in [1.54, 1.807) is 31.6 Å². The van der Waals surface area contributed by atoms with Gasteiger partial charge in [0.2, 0.25) is 0 Å². The molecular formula is C13H16FN3O. The van der Waals surface area contributed by atoms with Crippen LogP contribution in [0.3, 0.4) is 0 Å². The van der Waals surface area contributed by atoms with Gasteiger partial charge in [0.1, 0.15) is 0 Å². The molecule has 2 aromatic rings. The van der Waals surface area contributed by atoms with E-state index in [4.69, 9.17) is 4.74 Å². The van der Waals surface area contributed by atoms with Crippen molar-refractivity contribution in [3.63, 3.8) is 0 Å². The minimum absolute atomic E-state index is 0.240. The van der Waals surface area contributed by atoms with Gasteiger partial charge in [0.15, 0.2) is 11.6 Å². The molecular weight excluding hydrogens is 233 g/mol. The molecule has 0 radical (unpaired) electrons. The zero-order valence-electron chi connectivity index (χ0n) is 10.6. The van der Waals surface area contributed by atoms with Gasteiger partial charge in [-0.25, -0.2) is 9.37 Å². The van der Waals surface area contributed by atoms with Crippen molar-refractivity contribution < 1.29 is 9.13 Å². The lowest BCUT2D eigenvalue weighted by molar-refractivity contribution is 0.382. The molecule has 1 heterocycles. The maximum atomic E-state index is 14.2. The van der Waals surface area contributed by atoms with Gasteiger partial charge < -0.3 is 14.6 Å². The van der Waals surface area contributed by atoms with Crippen molar-refractivity contribution >= 4 is 0 Å². The second-order valence-electron chi connectivity index (χ2n) is 4.05. The van der Waals surface area contributed by atoms with Gasteiger partial charge in [0.25, 0.3) is 0 Å². The third-order valence-corrected chi connectivity index (χ3v) is 2.83. The highest BCUT2D eigenvalue weighted by atomic mass is 19.1. The summed E-state index contributed by atoms with van der Waals surface area (Å²) < 4.78 is 21.0. The molecule has 1 N–H and O–H groups in total. The summed E-state index contributed by atoms with van der Waals surface area (Å²) in [5.41, 5.74) is 1.29. The van der Waals surface area contributed by atoms with Crippen LogP contribution in [0.15, 0.2) is 30.7 Å². The van der Waals surface area contributed by atoms with Crippen molar-refractivity contribution in [2.24, 2.45) is 7.05 Å². The fraction of sp³-hybridized carbons (Fsp3) is 0.308. The molecule has 0 bridgehead atoms. The maximum absolute atomic E-state index is 14.2. The smallest absolute Gasteiger partial charge is 0.170 e. The quantitative estimate of drug-likeness (QED) is 0.899. The first-order valence-electron chi connectivity index (χ1n) is 5.65. The number of hydrogen-bond acceptors (Lipinski definition) is 3. The van der Waals surface area contributed by atoms with E-state index >= 15 is 0 Å². The molecule has 1 aromatic carbocycles. The van der Waals surface area contributed by atoms with Gasteiger partial charge in [-0.1, -0.05) is 12.1 Å². The van der Waals surface area contributed by atoms with Crippen LogP contribution in [0.1, 0.15) is 17.3 Å². The van der Waals surface area contributed by atoms with Crippen LogP contribution in [0.4, 0.5) is 4.39 Å². The lowest BCUT2D eigenvalue weighted by Crippen LogP contribution is -2.19. The fourth-order valence-corrected chi connectivity index (χ4v) is 1.95. The zero-order chi connectivity index (χ0) is 13.1. The third-order valence-electron chi connectivity index (χ3n) is 2.83. The minimum atomic E-state index is -0.356. The monoisotopic (exact) mass is 249 g/mol. The van der Waals surface area contributed by atoms with E-state index < -0.39 is 0 Å². The second kappa shape index (κ2) is 5.18. The number of aromatic nitrogens is 2. The summed E-state index contributed by atoms with van der Waals surface area (Å²) in [6.07, 6.45) is 3.55. The van der Waals surface area contributed by atoms with Crippen LogP contribution in [0.2, 0.25) is 0 Å². The van der Waals surface area contributed by atoms with Crippen LogP contribution in [0, 0.1) is 5.82 Å². The number of methoxy groups -OCH3 is 1. The van der Waals surface area contributed by atoms with E-state index in [1.165, 1.54) is 7.11 Å². The Morgan fingerprint density at radius 2 is 2.22 bits per heavy atom. The van der Waals surface area contributed by atoms with Crippen LogP contribution in [0.5, 0.6) is 5.75 Å². The van der Waals surface area contributed by atoms with Crippen LogP contribution in [-0.4, -0.2) is 23.7 Å². The molecule has 2 rings (SSSR count). The highest BCUT2D eigenvalue weighted by Gasteiger charge is 2.20. The van der Waals surface area contributed by atoms with E-state index in [9.17, 15) is 4.39 Å². The summed E-state index contributed by atoms with van der Waals surface area (Å²) in [6.45, 7) is 0. The van der Waals surface area contributed by atoms with Gasteiger partial charge in [0.05, 0.1) is 25.2 Å². The number of benzene rings is 1. The highest BCUT2D eigenvalue weighted by Crippen LogP contribution is 2.28. The van der Waals surface area contributed by atoms with Crippen molar-refractivity contribution in [1.82, 2.24) is 14.9 Å². The van der Waals surface area contributed by atoms with Crippen LogP contribution in [-0.2, 0) is 7.05 Å². The summed E-state index contributed by atoms with van der Waals surface area (Å²) in [7, 11) is 5.11. The molecule has 5 heteroatoms. The van der Waals surface area contributed by atoms with Crippen LogP contribution < -0.4 is 10.1 Å². The number of hydrogen-bond donors (Lipinski definition) is 1. The van der Waals surface area contributed by atoms with Crippen molar-refractivity contribution in [2.45, 2.75) is 6.04 Å². The first-order chi connectivity index (χ1) is 8.67. The van der Waals surface area contributed by atoms with Gasteiger partial charge in [-0.15, -0.1) is 0 Å². The number of rotatable bonds is 4. The summed E-state index contributed by atoms with van der Waals surface area (Å²) in [5.74, 6) is -0.117. The molecule has 0 aliphatic heterocycles. The van der Waals surface area contributed by atoms with Gasteiger partial charge in [0, 0.05) is 18.8 Å². The number of aryl methyl sites for hydroxylation is 1. The van der Waals surface area contributed by atoms with Gasteiger partial charge in [-0.2, -0.15) is 0 Å². The van der Waals surface area contributed by atoms with E-state index in [-0.39, 0.29) is 17.6 Å². The molecule has 0 saturated heterocycles. The molecule has 4 nitrogen and oxygen atoms in total. The molecule has 0 saturated carbocycles. The molecule has 0 fully saturated rings. The molecule has 0 spiro atoms. The molecule has 0 amide bonds. The van der Waals surface area contributed by atoms with Crippen LogP contribution >= 0.6 is 0 Å². The summed E-state index contributed by atoms with van der Waals surface area (Å²) in [5, 5.41) is 3.07. The Morgan fingerprint density at radius 3 is 2.78 bits per heavy atom. The van der Waals surface area contributed by atoms with Crippen molar-refractivity contribution in [2.75, 3.05) is 14.2 Å². The second-order valence-corrected chi connectivity index (χ2v) is 4.05. The molecule has 1 aromatic heterocycles. The summed E-state index contributed by atoms with van der Waals surface area (Å²) in [4.78, 5) is 4.25. The molecule has 1 unspecified atom stereocenters. The topological polar surface area (TPSA) is 39.1 Å². The first kappa shape index (κ1) is 12.6. The van der Waals surface area contributed by atoms with E-state index in [0.717, 1.165) is 5.69 Å². The molecule has 0 aliphatic rings. The van der Waals surface area contributed by atoms with Gasteiger partial charge in [-0.05, 0) is 13.1 Å². The Morgan fingerprint density at radius 1 is 1.44 bits per heavy atom. The average Bonchev–Trinajstić information content (AvgIpc) is 2.79. The summed E-state index contributed by atoms with van der Waals surface area (Å²) in [6, 6.07) is 4.81. The lowest BCUT2D eigenvalue weighted by Gasteiger charge is -2.16. The highest BCUT2D eigenvalue weighted by molar-refractivity contribution is 5.36. The van der Waals surface area contributed by atoms with Gasteiger partial charge in [-0.3, -0.25) is 0 Å². The molecule has 18 heavy (non-hydrogen) atoms. The van der Waals surface area contributed by atoms with Crippen molar-refractivity contribution in [3.05, 3.63) is 47.8 Å². The largest absolute Gasteiger partial charge is 0.494 e. The Balaban J connectivity index is 2.45. The molecule has 0 aliphatic carbocycles. The number of ether oxygens (including phenoxy) is 1. The lowest BCUT2D eigenvalue weighted by atomic mass is 10.0. The first-order valence-corrected chi connectivity index (χ1v) is 5.65. The van der Waals surface area contributed by atoms with E-state index in [1.807, 2.05) is 17.8 Å². The third kappa shape index (κ3) is 2.22. The zero-order valence-corrected chi connectivity index (χ0v) is 10.6. The molecule has 96 valence electrons. The standard InChI is InChI=1S/C13H16FN3O/c1-15-13(10-7-17(2)8-16-10)9-5-4-6-11(18-3)12(9)14/h4-8,13,15H,1-3H3. The Labute approximate surface area is 105 Å². The van der Waals surface area contributed by atoms with Crippen LogP contribution in [0.25, 0.3) is 0 Å². The van der Waals surface area contributed by atoms with E-state index in [0.29, 0.717) is 5.56 Å². The minimum Gasteiger partial charge on any atom is -0.494 e. The number of nitrogens with zero attached hydrogens (tertiary/aromatic N) is 2. The normalized spacial score (nSPS) is 12.4. The van der Waals surface area contributed by atoms with E-state index in [2.05, 4.69) is 10.3 Å². The van der Waals surface area contributed by atoms with Crippen molar-refractivity contribution in [3.8, 4) is 5.75 Å². The average molecular weight is 249 g/mol. The number of imidazole rings is 1. The SMILES string of the molecule is CNC(c1cn(C)cn1)c1cccc(OC)c1F. The summed E-state index contributed by atoms with van der Waals surface area (Å²) >= 11 is 0. The Hall–Kier alpha value is -1.88.